The van der Waals surface area contributed by atoms with E-state index >= 15 is 0 Å². The first kappa shape index (κ1) is 64.8. The van der Waals surface area contributed by atoms with Gasteiger partial charge in [-0.05, 0) is 83.5 Å². The van der Waals surface area contributed by atoms with Crippen LogP contribution in [-0.2, 0) is 14.3 Å². The zero-order chi connectivity index (χ0) is 48.8. The molecule has 0 aliphatic heterocycles. The summed E-state index contributed by atoms with van der Waals surface area (Å²) >= 11 is 0. The van der Waals surface area contributed by atoms with E-state index in [0.29, 0.717) is 19.3 Å². The Kier molecular flexibility index (Phi) is 53.0. The molecule has 3 atom stereocenters. The van der Waals surface area contributed by atoms with Crippen molar-refractivity contribution in [1.82, 2.24) is 5.32 Å². The molecule has 0 aliphatic rings. The summed E-state index contributed by atoms with van der Waals surface area (Å²) in [4.78, 5) is 26.3. The van der Waals surface area contributed by atoms with Gasteiger partial charge in [-0.25, -0.2) is 0 Å². The van der Waals surface area contributed by atoms with Gasteiger partial charge in [0.25, 0.3) is 0 Å². The number of carbonyl (C=O) groups excluding carboxylic acids is 2. The third-order valence-electron chi connectivity index (χ3n) is 13.4. The van der Waals surface area contributed by atoms with Gasteiger partial charge in [0.05, 0.1) is 25.2 Å². The molecular weight excluding hydrogens is 827 g/mol. The lowest BCUT2D eigenvalue weighted by molar-refractivity contribution is -0.151. The standard InChI is InChI=1S/C61H113NO5/c1-4-7-10-13-16-19-22-25-28-30-32-35-38-41-44-47-50-53-59(64)58(56-63)62-60(65)55-57(52-49-46-43-40-37-34-27-24-21-18-15-12-9-6-3)67-61(66)54-51-48-45-42-39-36-33-31-29-26-23-20-17-14-11-8-5-2/h9,12,18,21,26-27,29,34,57-59,63-64H,4-8,10-11,13-17,19-20,22-25,28,30-33,35-56H2,1-3H3,(H,62,65)/b12-9+,21-18+,29-26+,34-27+. The normalized spacial score (nSPS) is 13.4. The van der Waals surface area contributed by atoms with E-state index in [1.165, 1.54) is 167 Å². The minimum absolute atomic E-state index is 0.0623. The predicted octanol–water partition coefficient (Wildman–Crippen LogP) is 18.2. The molecule has 0 fully saturated rings. The van der Waals surface area contributed by atoms with Gasteiger partial charge in [-0.1, -0.05) is 256 Å². The van der Waals surface area contributed by atoms with Crippen LogP contribution in [0, 0.1) is 0 Å². The second-order valence-corrected chi connectivity index (χ2v) is 20.0. The van der Waals surface area contributed by atoms with Crippen LogP contribution in [0.1, 0.15) is 303 Å². The number of unbranched alkanes of at least 4 members (excludes halogenated alkanes) is 33. The molecule has 3 N–H and O–H groups in total. The Labute approximate surface area is 416 Å². The Morgan fingerprint density at radius 1 is 0.448 bits per heavy atom. The zero-order valence-electron chi connectivity index (χ0n) is 44.8. The summed E-state index contributed by atoms with van der Waals surface area (Å²) in [5, 5.41) is 23.9. The van der Waals surface area contributed by atoms with E-state index in [1.54, 1.807) is 0 Å². The molecule has 0 spiro atoms. The monoisotopic (exact) mass is 940 g/mol. The molecule has 0 aromatic carbocycles. The van der Waals surface area contributed by atoms with Crippen molar-refractivity contribution in [2.75, 3.05) is 6.61 Å². The van der Waals surface area contributed by atoms with E-state index in [-0.39, 0.29) is 24.9 Å². The summed E-state index contributed by atoms with van der Waals surface area (Å²) in [5.41, 5.74) is 0. The molecule has 6 nitrogen and oxygen atoms in total. The number of ether oxygens (including phenoxy) is 1. The number of aliphatic hydroxyl groups excluding tert-OH is 2. The van der Waals surface area contributed by atoms with Gasteiger partial charge in [-0.3, -0.25) is 9.59 Å². The first-order valence-corrected chi connectivity index (χ1v) is 29.4. The maximum Gasteiger partial charge on any atom is 0.306 e. The number of esters is 1. The molecule has 3 unspecified atom stereocenters. The van der Waals surface area contributed by atoms with Crippen molar-refractivity contribution in [1.29, 1.82) is 0 Å². The number of amides is 1. The minimum atomic E-state index is -0.795. The Morgan fingerprint density at radius 3 is 1.24 bits per heavy atom. The molecule has 0 saturated heterocycles. The Balaban J connectivity index is 4.53. The summed E-state index contributed by atoms with van der Waals surface area (Å²) in [7, 11) is 0. The molecule has 0 bridgehead atoms. The van der Waals surface area contributed by atoms with Gasteiger partial charge in [0.2, 0.25) is 5.91 Å². The van der Waals surface area contributed by atoms with E-state index in [4.69, 9.17) is 4.74 Å². The van der Waals surface area contributed by atoms with Crippen LogP contribution < -0.4 is 5.32 Å². The first-order valence-electron chi connectivity index (χ1n) is 29.4. The minimum Gasteiger partial charge on any atom is -0.462 e. The fraction of sp³-hybridized carbons (Fsp3) is 0.836. The SMILES string of the molecule is CC/C=C/C/C=C/C/C=C/CCCCCCC(CC(=O)NC(CO)C(O)CCCCCCCCCCCCCCCCCCC)OC(=O)CCCCCCCCC/C=C/CCCCCCCC. The van der Waals surface area contributed by atoms with Crippen molar-refractivity contribution < 1.29 is 24.5 Å². The molecule has 6 heteroatoms. The number of carbonyl (C=O) groups is 2. The van der Waals surface area contributed by atoms with Crippen molar-refractivity contribution in [3.05, 3.63) is 48.6 Å². The highest BCUT2D eigenvalue weighted by atomic mass is 16.5. The van der Waals surface area contributed by atoms with Gasteiger partial charge in [0.1, 0.15) is 6.10 Å². The van der Waals surface area contributed by atoms with E-state index in [1.807, 2.05) is 0 Å². The van der Waals surface area contributed by atoms with Crippen molar-refractivity contribution in [2.24, 2.45) is 0 Å². The number of allylic oxidation sites excluding steroid dienone is 8. The lowest BCUT2D eigenvalue weighted by Crippen LogP contribution is -2.46. The van der Waals surface area contributed by atoms with E-state index < -0.39 is 18.2 Å². The number of hydrogen-bond acceptors (Lipinski definition) is 5. The summed E-state index contributed by atoms with van der Waals surface area (Å²) < 4.78 is 5.95. The molecule has 1 amide bonds. The van der Waals surface area contributed by atoms with E-state index in [9.17, 15) is 19.8 Å². The summed E-state index contributed by atoms with van der Waals surface area (Å²) in [6.45, 7) is 6.39. The van der Waals surface area contributed by atoms with E-state index in [0.717, 1.165) is 89.9 Å². The molecule has 0 aromatic heterocycles. The van der Waals surface area contributed by atoms with Gasteiger partial charge in [-0.2, -0.15) is 0 Å². The van der Waals surface area contributed by atoms with Gasteiger partial charge in [0.15, 0.2) is 0 Å². The van der Waals surface area contributed by atoms with Crippen LogP contribution in [0.2, 0.25) is 0 Å². The largest absolute Gasteiger partial charge is 0.462 e. The fourth-order valence-corrected chi connectivity index (χ4v) is 8.97. The molecule has 0 heterocycles. The average molecular weight is 941 g/mol. The van der Waals surface area contributed by atoms with Crippen LogP contribution in [0.25, 0.3) is 0 Å². The fourth-order valence-electron chi connectivity index (χ4n) is 8.97. The highest BCUT2D eigenvalue weighted by molar-refractivity contribution is 5.77. The number of aliphatic hydroxyl groups is 2. The molecular formula is C61H113NO5. The molecule has 0 aromatic rings. The Bertz CT molecular complexity index is 1150. The van der Waals surface area contributed by atoms with E-state index in [2.05, 4.69) is 74.7 Å². The topological polar surface area (TPSA) is 95.9 Å². The number of rotatable bonds is 53. The molecule has 0 rings (SSSR count). The van der Waals surface area contributed by atoms with Crippen LogP contribution >= 0.6 is 0 Å². The first-order chi connectivity index (χ1) is 33.0. The van der Waals surface area contributed by atoms with Crippen LogP contribution in [0.5, 0.6) is 0 Å². The lowest BCUT2D eigenvalue weighted by Gasteiger charge is -2.24. The van der Waals surface area contributed by atoms with Crippen LogP contribution in [0.4, 0.5) is 0 Å². The summed E-state index contributed by atoms with van der Waals surface area (Å²) in [6.07, 6.45) is 67.5. The van der Waals surface area contributed by atoms with Gasteiger partial charge in [0, 0.05) is 6.42 Å². The number of hydrogen-bond donors (Lipinski definition) is 3. The summed E-state index contributed by atoms with van der Waals surface area (Å²) in [5.74, 6) is -0.490. The highest BCUT2D eigenvalue weighted by Gasteiger charge is 2.24. The number of nitrogens with one attached hydrogen (secondary N) is 1. The van der Waals surface area contributed by atoms with Gasteiger partial charge in [-0.15, -0.1) is 0 Å². The van der Waals surface area contributed by atoms with Gasteiger partial charge >= 0.3 is 5.97 Å². The average Bonchev–Trinajstić information content (AvgIpc) is 3.32. The predicted molar refractivity (Wildman–Crippen MR) is 292 cm³/mol. The Hall–Kier alpha value is -2.18. The molecule has 0 saturated carbocycles. The second-order valence-electron chi connectivity index (χ2n) is 20.0. The van der Waals surface area contributed by atoms with Crippen LogP contribution in [0.15, 0.2) is 48.6 Å². The van der Waals surface area contributed by atoms with Crippen molar-refractivity contribution in [3.63, 3.8) is 0 Å². The molecule has 67 heavy (non-hydrogen) atoms. The van der Waals surface area contributed by atoms with Crippen molar-refractivity contribution in [2.45, 2.75) is 322 Å². The summed E-state index contributed by atoms with van der Waals surface area (Å²) in [6, 6.07) is -0.710. The van der Waals surface area contributed by atoms with Gasteiger partial charge < -0.3 is 20.3 Å². The Morgan fingerprint density at radius 2 is 0.806 bits per heavy atom. The van der Waals surface area contributed by atoms with Crippen molar-refractivity contribution in [3.8, 4) is 0 Å². The molecule has 392 valence electrons. The lowest BCUT2D eigenvalue weighted by atomic mass is 10.0. The van der Waals surface area contributed by atoms with Crippen molar-refractivity contribution >= 4 is 11.9 Å². The quantitative estimate of drug-likeness (QED) is 0.0321. The second kappa shape index (κ2) is 54.8. The zero-order valence-corrected chi connectivity index (χ0v) is 44.8. The van der Waals surface area contributed by atoms with Crippen LogP contribution in [0.3, 0.4) is 0 Å². The molecule has 0 aliphatic carbocycles. The smallest absolute Gasteiger partial charge is 0.306 e. The van der Waals surface area contributed by atoms with Crippen LogP contribution in [-0.4, -0.2) is 46.9 Å². The molecule has 0 radical (unpaired) electrons. The maximum absolute atomic E-state index is 13.3. The third kappa shape index (κ3) is 50.0. The maximum atomic E-state index is 13.3. The third-order valence-corrected chi connectivity index (χ3v) is 13.4. The highest BCUT2D eigenvalue weighted by Crippen LogP contribution is 2.18.